The van der Waals surface area contributed by atoms with Crippen LogP contribution >= 0.6 is 11.6 Å². The molecule has 0 saturated heterocycles. The highest BCUT2D eigenvalue weighted by Gasteiger charge is 2.16. The predicted molar refractivity (Wildman–Crippen MR) is 139 cm³/mol. The van der Waals surface area contributed by atoms with Crippen LogP contribution < -0.4 is 25.0 Å². The molecule has 188 valence electrons. The summed E-state index contributed by atoms with van der Waals surface area (Å²) >= 11 is 6.20. The summed E-state index contributed by atoms with van der Waals surface area (Å²) in [6.45, 7) is 4.19. The number of nitrogens with zero attached hydrogens (tertiary/aromatic N) is 1. The molecule has 36 heavy (non-hydrogen) atoms. The lowest BCUT2D eigenvalue weighted by Crippen LogP contribution is -2.43. The number of halogens is 1. The molecule has 0 bridgehead atoms. The topological polar surface area (TPSA) is 98.2 Å². The molecule has 0 fully saturated rings. The SMILES string of the molecule is CCOc1cc(C=NNC(=O)C(C)NC(=O)c2ccc(OC)cc2)ccc1OCc1ccccc1Cl. The number of ether oxygens (including phenoxy) is 3. The van der Waals surface area contributed by atoms with Crippen molar-refractivity contribution in [2.75, 3.05) is 13.7 Å². The second-order valence-corrected chi connectivity index (χ2v) is 8.08. The molecule has 0 saturated carbocycles. The number of amides is 2. The van der Waals surface area contributed by atoms with Crippen LogP contribution in [0.3, 0.4) is 0 Å². The lowest BCUT2D eigenvalue weighted by atomic mass is 10.2. The van der Waals surface area contributed by atoms with Crippen LogP contribution in [0.1, 0.15) is 35.3 Å². The highest BCUT2D eigenvalue weighted by Crippen LogP contribution is 2.29. The van der Waals surface area contributed by atoms with Crippen LogP contribution in [0.2, 0.25) is 5.02 Å². The Bertz CT molecular complexity index is 1210. The summed E-state index contributed by atoms with van der Waals surface area (Å²) in [6, 6.07) is 18.6. The van der Waals surface area contributed by atoms with Crippen molar-refractivity contribution in [3.05, 3.63) is 88.4 Å². The van der Waals surface area contributed by atoms with E-state index >= 15 is 0 Å². The van der Waals surface area contributed by atoms with Gasteiger partial charge in [0.1, 0.15) is 18.4 Å². The number of rotatable bonds is 11. The zero-order chi connectivity index (χ0) is 25.9. The van der Waals surface area contributed by atoms with Crippen molar-refractivity contribution < 1.29 is 23.8 Å². The molecule has 2 amide bonds. The number of hydrazone groups is 1. The van der Waals surface area contributed by atoms with Crippen LogP contribution in [0, 0.1) is 0 Å². The van der Waals surface area contributed by atoms with Crippen molar-refractivity contribution >= 4 is 29.6 Å². The third-order valence-corrected chi connectivity index (χ3v) is 5.46. The van der Waals surface area contributed by atoms with Gasteiger partial charge in [0.05, 0.1) is 19.9 Å². The van der Waals surface area contributed by atoms with Crippen LogP contribution in [0.25, 0.3) is 0 Å². The lowest BCUT2D eigenvalue weighted by molar-refractivity contribution is -0.122. The lowest BCUT2D eigenvalue weighted by Gasteiger charge is -2.13. The number of carbonyl (C=O) groups is 2. The molecule has 0 aliphatic heterocycles. The van der Waals surface area contributed by atoms with Crippen molar-refractivity contribution in [2.45, 2.75) is 26.5 Å². The van der Waals surface area contributed by atoms with Gasteiger partial charge in [-0.05, 0) is 67.9 Å². The predicted octanol–water partition coefficient (Wildman–Crippen LogP) is 4.59. The highest BCUT2D eigenvalue weighted by molar-refractivity contribution is 6.31. The second kappa shape index (κ2) is 13.2. The van der Waals surface area contributed by atoms with Gasteiger partial charge in [0.15, 0.2) is 11.5 Å². The highest BCUT2D eigenvalue weighted by atomic mass is 35.5. The summed E-state index contributed by atoms with van der Waals surface area (Å²) in [7, 11) is 1.55. The van der Waals surface area contributed by atoms with Gasteiger partial charge in [-0.2, -0.15) is 5.10 Å². The molecular formula is C27H28ClN3O5. The Morgan fingerprint density at radius 3 is 2.47 bits per heavy atom. The molecule has 0 heterocycles. The molecular weight excluding hydrogens is 482 g/mol. The molecule has 0 spiro atoms. The number of carbonyl (C=O) groups excluding carboxylic acids is 2. The quantitative estimate of drug-likeness (QED) is 0.291. The summed E-state index contributed by atoms with van der Waals surface area (Å²) in [6.07, 6.45) is 1.48. The Labute approximate surface area is 215 Å². The van der Waals surface area contributed by atoms with Gasteiger partial charge in [-0.25, -0.2) is 5.43 Å². The molecule has 0 radical (unpaired) electrons. The molecule has 1 unspecified atom stereocenters. The van der Waals surface area contributed by atoms with Crippen LogP contribution in [0.5, 0.6) is 17.2 Å². The third-order valence-electron chi connectivity index (χ3n) is 5.09. The zero-order valence-electron chi connectivity index (χ0n) is 20.3. The molecule has 0 aromatic heterocycles. The van der Waals surface area contributed by atoms with Crippen molar-refractivity contribution in [3.63, 3.8) is 0 Å². The van der Waals surface area contributed by atoms with E-state index in [2.05, 4.69) is 15.8 Å². The van der Waals surface area contributed by atoms with Crippen LogP contribution in [-0.4, -0.2) is 37.8 Å². The molecule has 2 N–H and O–H groups in total. The Morgan fingerprint density at radius 1 is 1.03 bits per heavy atom. The van der Waals surface area contributed by atoms with Gasteiger partial charge in [-0.15, -0.1) is 0 Å². The Balaban J connectivity index is 1.56. The first-order valence-electron chi connectivity index (χ1n) is 11.3. The average Bonchev–Trinajstić information content (AvgIpc) is 2.89. The Hall–Kier alpha value is -4.04. The zero-order valence-corrected chi connectivity index (χ0v) is 21.0. The maximum atomic E-state index is 12.4. The maximum Gasteiger partial charge on any atom is 0.262 e. The maximum absolute atomic E-state index is 12.4. The van der Waals surface area contributed by atoms with Crippen molar-refractivity contribution in [1.82, 2.24) is 10.7 Å². The minimum absolute atomic E-state index is 0.295. The standard InChI is InChI=1S/C27H28ClN3O5/c1-4-35-25-15-19(9-14-24(25)36-17-21-7-5-6-8-23(21)28)16-29-31-26(32)18(2)30-27(33)20-10-12-22(34-3)13-11-20/h5-16,18H,4,17H2,1-3H3,(H,30,33)(H,31,32). The van der Waals surface area contributed by atoms with Gasteiger partial charge in [0, 0.05) is 16.1 Å². The molecule has 3 aromatic carbocycles. The van der Waals surface area contributed by atoms with Gasteiger partial charge >= 0.3 is 0 Å². The van der Waals surface area contributed by atoms with Gasteiger partial charge in [0.25, 0.3) is 11.8 Å². The van der Waals surface area contributed by atoms with E-state index < -0.39 is 11.9 Å². The molecule has 3 rings (SSSR count). The largest absolute Gasteiger partial charge is 0.497 e. The van der Waals surface area contributed by atoms with Crippen molar-refractivity contribution in [3.8, 4) is 17.2 Å². The fourth-order valence-electron chi connectivity index (χ4n) is 3.12. The van der Waals surface area contributed by atoms with E-state index in [1.807, 2.05) is 31.2 Å². The van der Waals surface area contributed by atoms with Crippen LogP contribution in [0.15, 0.2) is 71.8 Å². The first-order chi connectivity index (χ1) is 17.4. The third kappa shape index (κ3) is 7.48. The van der Waals surface area contributed by atoms with Crippen molar-refractivity contribution in [2.24, 2.45) is 5.10 Å². The molecule has 0 aliphatic carbocycles. The fourth-order valence-corrected chi connectivity index (χ4v) is 3.31. The Morgan fingerprint density at radius 2 is 1.78 bits per heavy atom. The Kier molecular flexibility index (Phi) is 9.71. The van der Waals surface area contributed by atoms with Gasteiger partial charge in [0.2, 0.25) is 0 Å². The monoisotopic (exact) mass is 509 g/mol. The van der Waals surface area contributed by atoms with Crippen molar-refractivity contribution in [1.29, 1.82) is 0 Å². The van der Waals surface area contributed by atoms with E-state index in [1.54, 1.807) is 56.5 Å². The molecule has 1 atom stereocenters. The van der Waals surface area contributed by atoms with Gasteiger partial charge < -0.3 is 19.5 Å². The number of hydrogen-bond donors (Lipinski definition) is 2. The summed E-state index contributed by atoms with van der Waals surface area (Å²) in [5, 5.41) is 7.26. The summed E-state index contributed by atoms with van der Waals surface area (Å²) in [4.78, 5) is 24.7. The minimum atomic E-state index is -0.795. The number of methoxy groups -OCH3 is 1. The molecule has 0 aliphatic rings. The smallest absolute Gasteiger partial charge is 0.262 e. The minimum Gasteiger partial charge on any atom is -0.497 e. The fraction of sp³-hybridized carbons (Fsp3) is 0.222. The van der Waals surface area contributed by atoms with Crippen LogP contribution in [-0.2, 0) is 11.4 Å². The summed E-state index contributed by atoms with van der Waals surface area (Å²) in [5.74, 6) is 0.906. The van der Waals surface area contributed by atoms with E-state index in [1.165, 1.54) is 6.21 Å². The van der Waals surface area contributed by atoms with E-state index in [-0.39, 0.29) is 5.91 Å². The number of nitrogens with one attached hydrogen (secondary N) is 2. The summed E-state index contributed by atoms with van der Waals surface area (Å²) in [5.41, 5.74) is 4.41. The molecule has 8 nitrogen and oxygen atoms in total. The van der Waals surface area contributed by atoms with Crippen LogP contribution in [0.4, 0.5) is 0 Å². The van der Waals surface area contributed by atoms with E-state index in [0.29, 0.717) is 46.6 Å². The summed E-state index contributed by atoms with van der Waals surface area (Å²) < 4.78 is 16.7. The first-order valence-corrected chi connectivity index (χ1v) is 11.7. The number of hydrogen-bond acceptors (Lipinski definition) is 6. The number of benzene rings is 3. The van der Waals surface area contributed by atoms with Gasteiger partial charge in [-0.3, -0.25) is 9.59 Å². The normalized spacial score (nSPS) is 11.6. The molecule has 3 aromatic rings. The second-order valence-electron chi connectivity index (χ2n) is 7.68. The van der Waals surface area contributed by atoms with E-state index in [9.17, 15) is 9.59 Å². The van der Waals surface area contributed by atoms with Gasteiger partial charge in [-0.1, -0.05) is 29.8 Å². The first kappa shape index (κ1) is 26.6. The molecule has 9 heteroatoms. The van der Waals surface area contributed by atoms with E-state index in [4.69, 9.17) is 25.8 Å². The van der Waals surface area contributed by atoms with E-state index in [0.717, 1.165) is 5.56 Å². The average molecular weight is 510 g/mol.